The zero-order valence-corrected chi connectivity index (χ0v) is 37.1. The van der Waals surface area contributed by atoms with Crippen LogP contribution in [0.4, 0.5) is 0 Å². The number of nitrogens with zero attached hydrogens (tertiary/aromatic N) is 3. The third-order valence-electron chi connectivity index (χ3n) is 10.6. The summed E-state index contributed by atoms with van der Waals surface area (Å²) < 4.78 is 9.10. The van der Waals surface area contributed by atoms with Gasteiger partial charge in [0.25, 0.3) is 0 Å². The van der Waals surface area contributed by atoms with Crippen LogP contribution in [-0.2, 0) is 20.1 Å². The van der Waals surface area contributed by atoms with E-state index in [0.29, 0.717) is 0 Å². The van der Waals surface area contributed by atoms with E-state index in [1.807, 2.05) is 54.6 Å². The van der Waals surface area contributed by atoms with Crippen LogP contribution in [0.1, 0.15) is 50.7 Å². The second-order valence-corrected chi connectivity index (χ2v) is 16.3. The molecule has 0 aliphatic rings. The summed E-state index contributed by atoms with van der Waals surface area (Å²) in [6.07, 6.45) is 1.80. The van der Waals surface area contributed by atoms with Crippen LogP contribution >= 0.6 is 11.8 Å². The molecule has 10 rings (SSSR count). The molecule has 0 saturated heterocycles. The maximum Gasteiger partial charge on any atom is 0.121 e. The van der Waals surface area contributed by atoms with Gasteiger partial charge in [-0.2, -0.15) is 30.3 Å². The van der Waals surface area contributed by atoms with Crippen LogP contribution in [-0.4, -0.2) is 14.5 Å². The molecule has 3 aromatic heterocycles. The number of pyridine rings is 1. The van der Waals surface area contributed by atoms with Crippen LogP contribution in [0.2, 0.25) is 0 Å². The number of para-hydroxylation sites is 2. The van der Waals surface area contributed by atoms with Gasteiger partial charge in [0.2, 0.25) is 0 Å². The van der Waals surface area contributed by atoms with Crippen molar-refractivity contribution in [3.8, 4) is 39.3 Å². The van der Waals surface area contributed by atoms with Crippen LogP contribution in [0.3, 0.4) is 0 Å². The van der Waals surface area contributed by atoms with E-state index in [2.05, 4.69) is 165 Å². The Morgan fingerprint density at radius 2 is 1.25 bits per heavy atom. The van der Waals surface area contributed by atoms with E-state index < -0.39 is 0 Å². The number of imidazole rings is 1. The molecule has 60 heavy (non-hydrogen) atoms. The smallest absolute Gasteiger partial charge is 0.121 e. The standard InChI is InChI=1S/C43H35N2O.C11H8NS.Ir/c1-27(2)36-24-32(30-16-9-6-10-17-30)25-37(28(3)4)41(36)45-39-21-12-11-20-38(39)44-43(45)35-19-13-18-34-33-23-22-31(26-40(33)46-42(34)35)29-14-7-5-8-15-29;1-2-6-10(7-3-1)13-11-8-4-5-9-12-11;/h5-18,20-28H,1-4H3;1-6,8-9H;/q2*-1;. The van der Waals surface area contributed by atoms with Gasteiger partial charge in [0.05, 0.1) is 27.5 Å². The second kappa shape index (κ2) is 18.1. The zero-order chi connectivity index (χ0) is 40.3. The monoisotopic (exact) mass is 974 g/mol. The third kappa shape index (κ3) is 8.24. The van der Waals surface area contributed by atoms with Crippen molar-refractivity contribution in [3.05, 3.63) is 199 Å². The molecule has 7 aromatic carbocycles. The van der Waals surface area contributed by atoms with Crippen molar-refractivity contribution in [2.45, 2.75) is 49.5 Å². The average molecular weight is 974 g/mol. The molecule has 0 saturated carbocycles. The number of benzene rings is 7. The molecule has 0 amide bonds. The van der Waals surface area contributed by atoms with Gasteiger partial charge < -0.3 is 8.98 Å². The Balaban J connectivity index is 0.000000304. The topological polar surface area (TPSA) is 43.9 Å². The van der Waals surface area contributed by atoms with Crippen molar-refractivity contribution in [2.24, 2.45) is 0 Å². The van der Waals surface area contributed by atoms with Gasteiger partial charge in [-0.05, 0) is 87.7 Å². The molecule has 0 atom stereocenters. The van der Waals surface area contributed by atoms with Gasteiger partial charge in [0.1, 0.15) is 5.58 Å². The number of hydrogen-bond acceptors (Lipinski definition) is 4. The minimum absolute atomic E-state index is 0. The molecular weight excluding hydrogens is 931 g/mol. The molecule has 0 N–H and O–H groups in total. The van der Waals surface area contributed by atoms with Crippen molar-refractivity contribution in [2.75, 3.05) is 0 Å². The third-order valence-corrected chi connectivity index (χ3v) is 11.5. The number of fused-ring (bicyclic) bond motifs is 4. The molecule has 10 aromatic rings. The van der Waals surface area contributed by atoms with Gasteiger partial charge in [-0.3, -0.25) is 4.98 Å². The summed E-state index contributed by atoms with van der Waals surface area (Å²) in [5.41, 5.74) is 13.1. The van der Waals surface area contributed by atoms with Gasteiger partial charge >= 0.3 is 0 Å². The van der Waals surface area contributed by atoms with E-state index in [4.69, 9.17) is 9.40 Å². The number of rotatable bonds is 8. The first kappa shape index (κ1) is 40.7. The SMILES string of the molecule is CC(C)c1cc(-c2ccccc2)cc(C(C)C)c1-n1c(-c2[c-]ccc3c2oc2cc(-c4ccccc4)ccc23)nc2ccccc21.[Ir].[c-]1ccccc1Sc1ccccn1. The van der Waals surface area contributed by atoms with Crippen LogP contribution in [0.25, 0.3) is 72.3 Å². The van der Waals surface area contributed by atoms with Gasteiger partial charge in [0, 0.05) is 37.4 Å². The predicted octanol–water partition coefficient (Wildman–Crippen LogP) is 15.0. The normalized spacial score (nSPS) is 11.2. The average Bonchev–Trinajstić information content (AvgIpc) is 3.86. The summed E-state index contributed by atoms with van der Waals surface area (Å²) in [6, 6.07) is 65.4. The first-order chi connectivity index (χ1) is 28.9. The zero-order valence-electron chi connectivity index (χ0n) is 33.9. The molecule has 0 fully saturated rings. The molecule has 1 radical (unpaired) electrons. The van der Waals surface area contributed by atoms with Crippen molar-refractivity contribution < 1.29 is 24.5 Å². The summed E-state index contributed by atoms with van der Waals surface area (Å²) in [4.78, 5) is 10.6. The van der Waals surface area contributed by atoms with E-state index in [-0.39, 0.29) is 31.9 Å². The van der Waals surface area contributed by atoms with Crippen molar-refractivity contribution in [1.82, 2.24) is 14.5 Å². The molecule has 0 spiro atoms. The fourth-order valence-electron chi connectivity index (χ4n) is 7.71. The molecule has 297 valence electrons. The van der Waals surface area contributed by atoms with Gasteiger partial charge in [0.15, 0.2) is 0 Å². The minimum atomic E-state index is 0. The largest absolute Gasteiger partial charge is 0.501 e. The Bertz CT molecular complexity index is 2950. The summed E-state index contributed by atoms with van der Waals surface area (Å²) >= 11 is 1.62. The minimum Gasteiger partial charge on any atom is -0.501 e. The molecule has 0 bridgehead atoms. The van der Waals surface area contributed by atoms with E-state index in [9.17, 15) is 0 Å². The van der Waals surface area contributed by atoms with E-state index >= 15 is 0 Å². The Hall–Kier alpha value is -6.04. The summed E-state index contributed by atoms with van der Waals surface area (Å²) in [7, 11) is 0. The fourth-order valence-corrected chi connectivity index (χ4v) is 8.47. The maximum atomic E-state index is 6.73. The molecule has 6 heteroatoms. The van der Waals surface area contributed by atoms with Crippen LogP contribution < -0.4 is 0 Å². The number of aromatic nitrogens is 3. The number of furan rings is 1. The molecule has 0 unspecified atom stereocenters. The van der Waals surface area contributed by atoms with Crippen LogP contribution in [0, 0.1) is 12.1 Å². The fraction of sp³-hybridized carbons (Fsp3) is 0.111. The molecule has 4 nitrogen and oxygen atoms in total. The van der Waals surface area contributed by atoms with E-state index in [0.717, 1.165) is 59.8 Å². The van der Waals surface area contributed by atoms with Gasteiger partial charge in [-0.25, -0.2) is 4.98 Å². The molecule has 0 aliphatic carbocycles. The Morgan fingerprint density at radius 3 is 1.92 bits per heavy atom. The first-order valence-corrected chi connectivity index (χ1v) is 20.9. The summed E-state index contributed by atoms with van der Waals surface area (Å²) in [5, 5.41) is 3.16. The number of hydrogen-bond donors (Lipinski definition) is 0. The van der Waals surface area contributed by atoms with Crippen LogP contribution in [0.5, 0.6) is 0 Å². The Morgan fingerprint density at radius 1 is 0.583 bits per heavy atom. The van der Waals surface area contributed by atoms with Crippen molar-refractivity contribution in [1.29, 1.82) is 0 Å². The second-order valence-electron chi connectivity index (χ2n) is 15.2. The summed E-state index contributed by atoms with van der Waals surface area (Å²) in [6.45, 7) is 9.14. The maximum absolute atomic E-state index is 6.73. The van der Waals surface area contributed by atoms with Crippen LogP contribution in [0.15, 0.2) is 190 Å². The quantitative estimate of drug-likeness (QED) is 0.142. The summed E-state index contributed by atoms with van der Waals surface area (Å²) in [5.74, 6) is 1.41. The van der Waals surface area contributed by atoms with Gasteiger partial charge in [-0.15, -0.1) is 18.2 Å². The Kier molecular flexibility index (Phi) is 12.3. The molecule has 0 aliphatic heterocycles. The van der Waals surface area contributed by atoms with Crippen molar-refractivity contribution in [3.63, 3.8) is 0 Å². The molecular formula is C54H43IrN3OS-2. The molecule has 3 heterocycles. The van der Waals surface area contributed by atoms with E-state index in [1.165, 1.54) is 33.5 Å². The first-order valence-electron chi connectivity index (χ1n) is 20.1. The Labute approximate surface area is 369 Å². The predicted molar refractivity (Wildman–Crippen MR) is 245 cm³/mol. The van der Waals surface area contributed by atoms with E-state index in [1.54, 1.807) is 18.0 Å². The van der Waals surface area contributed by atoms with Gasteiger partial charge in [-0.1, -0.05) is 146 Å². The van der Waals surface area contributed by atoms with Crippen molar-refractivity contribution >= 4 is 44.7 Å².